The second-order valence-electron chi connectivity index (χ2n) is 5.10. The Labute approximate surface area is 141 Å². The molecule has 0 saturated carbocycles. The van der Waals surface area contributed by atoms with Gasteiger partial charge < -0.3 is 0 Å². The van der Waals surface area contributed by atoms with Crippen LogP contribution in [0.15, 0.2) is 35.2 Å². The van der Waals surface area contributed by atoms with Crippen LogP contribution < -0.4 is 0 Å². The molecule has 13 heteroatoms. The fraction of sp³-hybridized carbons (Fsp3) is 0. The molecule has 0 heterocycles. The van der Waals surface area contributed by atoms with Gasteiger partial charge in [-0.25, -0.2) is 0 Å². The minimum atomic E-state index is -1.18. The first kappa shape index (κ1) is 16.6. The van der Waals surface area contributed by atoms with Gasteiger partial charge in [0.25, 0.3) is 11.5 Å². The smallest absolute Gasteiger partial charge is 0.282 e. The van der Waals surface area contributed by atoms with E-state index in [4.69, 9.17) is 0 Å². The van der Waals surface area contributed by atoms with E-state index >= 15 is 0 Å². The highest BCUT2D eigenvalue weighted by molar-refractivity contribution is 6.26. The lowest BCUT2D eigenvalue weighted by molar-refractivity contribution is -0.430. The molecular weight excluding hydrogens is 356 g/mol. The van der Waals surface area contributed by atoms with Gasteiger partial charge in [0.1, 0.15) is 0 Å². The average molecular weight is 360 g/mol. The summed E-state index contributed by atoms with van der Waals surface area (Å²) in [4.78, 5) is 52.6. The highest BCUT2D eigenvalue weighted by atomic mass is 16.6. The summed E-state index contributed by atoms with van der Waals surface area (Å²) in [6.45, 7) is 0. The maximum Gasteiger partial charge on any atom is 0.353 e. The summed E-state index contributed by atoms with van der Waals surface area (Å²) in [5.74, 6) is -1.18. The highest BCUT2D eigenvalue weighted by Crippen LogP contribution is 2.47. The number of nitrogens with zero attached hydrogens (tertiary/aromatic N) is 4. The van der Waals surface area contributed by atoms with E-state index in [-0.39, 0.29) is 16.7 Å². The van der Waals surface area contributed by atoms with E-state index < -0.39 is 53.8 Å². The van der Waals surface area contributed by atoms with Crippen molar-refractivity contribution in [2.45, 2.75) is 0 Å². The summed E-state index contributed by atoms with van der Waals surface area (Å²) in [6, 6.07) is 1.82. The molecular formula is C13H4N4O9. The minimum absolute atomic E-state index is 0.156. The van der Waals surface area contributed by atoms with Gasteiger partial charge in [-0.05, 0) is 12.1 Å². The lowest BCUT2D eigenvalue weighted by Crippen LogP contribution is -2.20. The van der Waals surface area contributed by atoms with E-state index in [1.54, 1.807) is 0 Å². The van der Waals surface area contributed by atoms with Crippen molar-refractivity contribution in [3.8, 4) is 0 Å². The summed E-state index contributed by atoms with van der Waals surface area (Å²) in [5.41, 5.74) is -5.09. The van der Waals surface area contributed by atoms with Crippen molar-refractivity contribution >= 4 is 28.8 Å². The maximum absolute atomic E-state index is 12.2. The zero-order valence-corrected chi connectivity index (χ0v) is 12.3. The molecule has 26 heavy (non-hydrogen) atoms. The summed E-state index contributed by atoms with van der Waals surface area (Å²) in [7, 11) is 0. The van der Waals surface area contributed by atoms with Gasteiger partial charge in [-0.1, -0.05) is 0 Å². The fourth-order valence-corrected chi connectivity index (χ4v) is 2.80. The van der Waals surface area contributed by atoms with Crippen LogP contribution in [0.4, 0.5) is 11.4 Å². The van der Waals surface area contributed by atoms with Crippen LogP contribution in [0, 0.1) is 40.5 Å². The number of Topliss-reactive ketones (excluding diaryl/α,β-unsaturated/α-hetero) is 1. The number of hydrogen-bond acceptors (Lipinski definition) is 9. The Morgan fingerprint density at radius 1 is 0.769 bits per heavy atom. The molecule has 2 aliphatic rings. The molecule has 0 radical (unpaired) electrons. The van der Waals surface area contributed by atoms with Gasteiger partial charge in [-0.2, -0.15) is 0 Å². The second kappa shape index (κ2) is 5.37. The molecule has 0 unspecified atom stereocenters. The van der Waals surface area contributed by atoms with Gasteiger partial charge in [0.15, 0.2) is 0 Å². The molecule has 0 bridgehead atoms. The van der Waals surface area contributed by atoms with Crippen LogP contribution in [0.1, 0.15) is 11.1 Å². The topological polar surface area (TPSA) is 190 Å². The third-order valence-electron chi connectivity index (χ3n) is 3.80. The van der Waals surface area contributed by atoms with E-state index in [1.807, 2.05) is 0 Å². The van der Waals surface area contributed by atoms with Crippen LogP contribution in [0.5, 0.6) is 0 Å². The van der Waals surface area contributed by atoms with Gasteiger partial charge >= 0.3 is 17.1 Å². The number of carbonyl (C=O) groups excluding carboxylic acids is 1. The molecule has 3 rings (SSSR count). The Kier molecular flexibility index (Phi) is 3.42. The Morgan fingerprint density at radius 2 is 1.42 bits per heavy atom. The number of allylic oxidation sites excluding steroid dienone is 3. The first-order valence-corrected chi connectivity index (χ1v) is 6.62. The first-order chi connectivity index (χ1) is 12.1. The molecule has 1 aromatic carbocycles. The molecule has 0 fully saturated rings. The van der Waals surface area contributed by atoms with Gasteiger partial charge in [-0.15, -0.1) is 0 Å². The molecule has 0 N–H and O–H groups in total. The number of ketones is 1. The van der Waals surface area contributed by atoms with E-state index in [0.717, 1.165) is 18.2 Å². The zero-order valence-electron chi connectivity index (χ0n) is 12.3. The summed E-state index contributed by atoms with van der Waals surface area (Å²) in [6.07, 6.45) is 1.30. The number of rotatable bonds is 4. The number of carbonyl (C=O) groups is 1. The van der Waals surface area contributed by atoms with Crippen LogP contribution in [-0.4, -0.2) is 25.5 Å². The number of fused-ring (bicyclic) bond motifs is 3. The van der Waals surface area contributed by atoms with Crippen LogP contribution in [0.2, 0.25) is 0 Å². The average Bonchev–Trinajstić information content (AvgIpc) is 2.93. The molecule has 0 spiro atoms. The van der Waals surface area contributed by atoms with Gasteiger partial charge in [0.05, 0.1) is 36.9 Å². The lowest BCUT2D eigenvalue weighted by atomic mass is 9.92. The van der Waals surface area contributed by atoms with Gasteiger partial charge in [0.2, 0.25) is 0 Å². The molecule has 0 atom stereocenters. The Bertz CT molecular complexity index is 1060. The van der Waals surface area contributed by atoms with Crippen molar-refractivity contribution in [3.05, 3.63) is 86.8 Å². The van der Waals surface area contributed by atoms with Crippen molar-refractivity contribution in [1.82, 2.24) is 0 Å². The second-order valence-corrected chi connectivity index (χ2v) is 5.10. The van der Waals surface area contributed by atoms with Crippen LogP contribution >= 0.6 is 0 Å². The SMILES string of the molecule is O=C1C2=Cc3c(ccc([N+](=O)[O-])c3[N+](=O)[O-])C2=C([N+](=O)[O-])C=C1[N+](=O)[O-]. The normalized spacial score (nSPS) is 15.0. The van der Waals surface area contributed by atoms with Gasteiger partial charge in [-0.3, -0.25) is 45.3 Å². The van der Waals surface area contributed by atoms with E-state index in [0.29, 0.717) is 6.08 Å². The molecule has 2 aliphatic carbocycles. The lowest BCUT2D eigenvalue weighted by Gasteiger charge is -2.10. The molecule has 1 aromatic rings. The number of hydrogen-bond donors (Lipinski definition) is 0. The van der Waals surface area contributed by atoms with Crippen molar-refractivity contribution in [2.24, 2.45) is 0 Å². The molecule has 13 nitrogen and oxygen atoms in total. The molecule has 0 saturated heterocycles. The maximum atomic E-state index is 12.2. The Hall–Kier alpha value is -4.29. The quantitative estimate of drug-likeness (QED) is 0.567. The third kappa shape index (κ3) is 2.15. The summed E-state index contributed by atoms with van der Waals surface area (Å²) < 4.78 is 0. The van der Waals surface area contributed by atoms with Gasteiger partial charge in [0, 0.05) is 17.2 Å². The minimum Gasteiger partial charge on any atom is -0.282 e. The van der Waals surface area contributed by atoms with Crippen LogP contribution in [0.25, 0.3) is 11.6 Å². The molecule has 0 aromatic heterocycles. The van der Waals surface area contributed by atoms with Crippen molar-refractivity contribution in [1.29, 1.82) is 0 Å². The van der Waals surface area contributed by atoms with E-state index in [1.165, 1.54) is 0 Å². The number of nitro groups is 4. The number of benzene rings is 1. The van der Waals surface area contributed by atoms with Crippen molar-refractivity contribution in [3.63, 3.8) is 0 Å². The molecule has 130 valence electrons. The van der Waals surface area contributed by atoms with Crippen LogP contribution in [0.3, 0.4) is 0 Å². The summed E-state index contributed by atoms with van der Waals surface area (Å²) in [5, 5.41) is 44.5. The standard InChI is InChI=1S/C13H4N4O9/c18-13-7-3-6-5(1-2-8(14(19)20)12(6)17(25)26)11(7)9(15(21)22)4-10(13)16(23)24/h1-4H. The Morgan fingerprint density at radius 3 is 1.92 bits per heavy atom. The van der Waals surface area contributed by atoms with E-state index in [9.17, 15) is 45.3 Å². The highest BCUT2D eigenvalue weighted by Gasteiger charge is 2.45. The molecule has 0 aliphatic heterocycles. The van der Waals surface area contributed by atoms with Crippen molar-refractivity contribution in [2.75, 3.05) is 0 Å². The monoisotopic (exact) mass is 360 g/mol. The first-order valence-electron chi connectivity index (χ1n) is 6.62. The summed E-state index contributed by atoms with van der Waals surface area (Å²) >= 11 is 0. The predicted molar refractivity (Wildman–Crippen MR) is 81.7 cm³/mol. The van der Waals surface area contributed by atoms with E-state index in [2.05, 4.69) is 0 Å². The number of nitro benzene ring substituents is 2. The largest absolute Gasteiger partial charge is 0.353 e. The Balaban J connectivity index is 2.42. The fourth-order valence-electron chi connectivity index (χ4n) is 2.80. The van der Waals surface area contributed by atoms with Crippen molar-refractivity contribution < 1.29 is 24.5 Å². The zero-order chi connectivity index (χ0) is 19.3. The van der Waals surface area contributed by atoms with Crippen LogP contribution in [-0.2, 0) is 4.79 Å². The predicted octanol–water partition coefficient (Wildman–Crippen LogP) is 1.63. The third-order valence-corrected chi connectivity index (χ3v) is 3.80. The molecule has 0 amide bonds.